The van der Waals surface area contributed by atoms with Crippen LogP contribution < -0.4 is 10.6 Å². The Hall–Kier alpha value is -1.31. The van der Waals surface area contributed by atoms with Gasteiger partial charge in [0.2, 0.25) is 0 Å². The number of rotatable bonds is 4. The Morgan fingerprint density at radius 2 is 2.22 bits per heavy atom. The number of alkyl halides is 3. The van der Waals surface area contributed by atoms with Crippen LogP contribution in [0.5, 0.6) is 0 Å². The van der Waals surface area contributed by atoms with Crippen molar-refractivity contribution in [3.05, 3.63) is 16.1 Å². The summed E-state index contributed by atoms with van der Waals surface area (Å²) in [6, 6.07) is -0.814. The zero-order valence-corrected chi connectivity index (χ0v) is 14.1. The summed E-state index contributed by atoms with van der Waals surface area (Å²) in [7, 11) is 0. The summed E-state index contributed by atoms with van der Waals surface area (Å²) in [6.45, 7) is 4.28. The van der Waals surface area contributed by atoms with Gasteiger partial charge in [-0.15, -0.1) is 11.3 Å². The third kappa shape index (κ3) is 5.37. The molecule has 1 saturated carbocycles. The van der Waals surface area contributed by atoms with Crippen LogP contribution in [-0.4, -0.2) is 29.8 Å². The van der Waals surface area contributed by atoms with E-state index < -0.39 is 24.2 Å². The van der Waals surface area contributed by atoms with E-state index in [4.69, 9.17) is 0 Å². The highest BCUT2D eigenvalue weighted by Crippen LogP contribution is 2.37. The fourth-order valence-corrected chi connectivity index (χ4v) is 3.64. The number of thiazole rings is 1. The van der Waals surface area contributed by atoms with Gasteiger partial charge in [-0.2, -0.15) is 13.2 Å². The van der Waals surface area contributed by atoms with Crippen molar-refractivity contribution in [1.29, 1.82) is 0 Å². The van der Waals surface area contributed by atoms with E-state index in [-0.39, 0.29) is 18.8 Å². The lowest BCUT2D eigenvalue weighted by molar-refractivity contribution is -0.183. The normalized spacial score (nSPS) is 23.3. The first kappa shape index (κ1) is 18.0. The average molecular weight is 349 g/mol. The molecule has 0 radical (unpaired) electrons. The van der Waals surface area contributed by atoms with E-state index in [0.29, 0.717) is 19.4 Å². The SMILES string of the molecule is Cc1csc([C@H](C)CNC(=O)N[C@H]2CCC[C@@H](C(F)(F)F)C2)n1. The number of aromatic nitrogens is 1. The number of aryl methyl sites for hydroxylation is 1. The topological polar surface area (TPSA) is 54.0 Å². The molecule has 1 aromatic rings. The molecule has 0 aromatic carbocycles. The molecule has 2 amide bonds. The highest BCUT2D eigenvalue weighted by molar-refractivity contribution is 7.09. The van der Waals surface area contributed by atoms with Crippen molar-refractivity contribution >= 4 is 17.4 Å². The first-order chi connectivity index (χ1) is 10.8. The zero-order valence-electron chi connectivity index (χ0n) is 13.2. The predicted octanol–water partition coefficient (Wildman–Crippen LogP) is 3.98. The quantitative estimate of drug-likeness (QED) is 0.864. The monoisotopic (exact) mass is 349 g/mol. The molecule has 1 aliphatic rings. The van der Waals surface area contributed by atoms with Crippen molar-refractivity contribution < 1.29 is 18.0 Å². The van der Waals surface area contributed by atoms with Gasteiger partial charge in [0.15, 0.2) is 0 Å². The van der Waals surface area contributed by atoms with Gasteiger partial charge < -0.3 is 10.6 Å². The van der Waals surface area contributed by atoms with Crippen LogP contribution in [0.1, 0.15) is 49.2 Å². The summed E-state index contributed by atoms with van der Waals surface area (Å²) in [4.78, 5) is 16.3. The van der Waals surface area contributed by atoms with Crippen LogP contribution in [0.15, 0.2) is 5.38 Å². The molecular formula is C15H22F3N3OS. The molecule has 0 spiro atoms. The number of nitrogens with one attached hydrogen (secondary N) is 2. The molecule has 2 N–H and O–H groups in total. The highest BCUT2D eigenvalue weighted by atomic mass is 32.1. The largest absolute Gasteiger partial charge is 0.391 e. The Balaban J connectivity index is 1.76. The van der Waals surface area contributed by atoms with Crippen LogP contribution in [0, 0.1) is 12.8 Å². The van der Waals surface area contributed by atoms with E-state index >= 15 is 0 Å². The van der Waals surface area contributed by atoms with E-state index in [9.17, 15) is 18.0 Å². The van der Waals surface area contributed by atoms with E-state index in [1.165, 1.54) is 0 Å². The Bertz CT molecular complexity index is 532. The van der Waals surface area contributed by atoms with E-state index in [2.05, 4.69) is 15.6 Å². The minimum absolute atomic E-state index is 0.0296. The van der Waals surface area contributed by atoms with Gasteiger partial charge in [-0.25, -0.2) is 9.78 Å². The lowest BCUT2D eigenvalue weighted by atomic mass is 9.85. The lowest BCUT2D eigenvalue weighted by Crippen LogP contribution is -2.46. The van der Waals surface area contributed by atoms with Crippen LogP contribution in [0.3, 0.4) is 0 Å². The Kier molecular flexibility index (Phi) is 5.89. The van der Waals surface area contributed by atoms with Gasteiger partial charge in [-0.1, -0.05) is 13.3 Å². The molecular weight excluding hydrogens is 327 g/mol. The Morgan fingerprint density at radius 3 is 2.83 bits per heavy atom. The van der Waals surface area contributed by atoms with Gasteiger partial charge in [0.05, 0.1) is 10.9 Å². The fraction of sp³-hybridized carbons (Fsp3) is 0.733. The molecule has 8 heteroatoms. The summed E-state index contributed by atoms with van der Waals surface area (Å²) in [6.07, 6.45) is -2.96. The maximum absolute atomic E-state index is 12.8. The molecule has 3 atom stereocenters. The number of halogens is 3. The number of nitrogens with zero attached hydrogens (tertiary/aromatic N) is 1. The molecule has 1 aromatic heterocycles. The van der Waals surface area contributed by atoms with E-state index in [1.54, 1.807) is 11.3 Å². The van der Waals surface area contributed by atoms with E-state index in [1.807, 2.05) is 19.2 Å². The van der Waals surface area contributed by atoms with Crippen LogP contribution in [-0.2, 0) is 0 Å². The van der Waals surface area contributed by atoms with E-state index in [0.717, 1.165) is 10.7 Å². The smallest absolute Gasteiger partial charge is 0.337 e. The Labute approximate surface area is 137 Å². The molecule has 0 unspecified atom stereocenters. The highest BCUT2D eigenvalue weighted by Gasteiger charge is 2.42. The minimum atomic E-state index is -4.17. The van der Waals surface area contributed by atoms with Crippen LogP contribution >= 0.6 is 11.3 Å². The van der Waals surface area contributed by atoms with Crippen molar-refractivity contribution in [2.45, 2.75) is 57.7 Å². The number of carbonyl (C=O) groups is 1. The van der Waals surface area contributed by atoms with Gasteiger partial charge in [-0.05, 0) is 26.2 Å². The number of amides is 2. The van der Waals surface area contributed by atoms with Crippen molar-refractivity contribution in [2.24, 2.45) is 5.92 Å². The summed E-state index contributed by atoms with van der Waals surface area (Å²) >= 11 is 1.54. The average Bonchev–Trinajstić information content (AvgIpc) is 2.91. The first-order valence-corrected chi connectivity index (χ1v) is 8.66. The van der Waals surface area contributed by atoms with Gasteiger partial charge in [-0.3, -0.25) is 0 Å². The first-order valence-electron chi connectivity index (χ1n) is 7.78. The second-order valence-corrected chi connectivity index (χ2v) is 7.07. The second kappa shape index (κ2) is 7.51. The molecule has 0 bridgehead atoms. The maximum atomic E-state index is 12.8. The fourth-order valence-electron chi connectivity index (χ4n) is 2.79. The third-order valence-electron chi connectivity index (χ3n) is 4.10. The molecule has 1 aliphatic carbocycles. The van der Waals surface area contributed by atoms with Crippen molar-refractivity contribution in [1.82, 2.24) is 15.6 Å². The van der Waals surface area contributed by atoms with Gasteiger partial charge in [0, 0.05) is 29.6 Å². The molecule has 1 heterocycles. The standard InChI is InChI=1S/C15H22F3N3OS/c1-9(13-20-10(2)8-23-13)7-19-14(22)21-12-5-3-4-11(6-12)15(16,17)18/h8-9,11-12H,3-7H2,1-2H3,(H2,19,21,22)/t9-,11-,12+/m1/s1. The molecule has 130 valence electrons. The van der Waals surface area contributed by atoms with Crippen LogP contribution in [0.25, 0.3) is 0 Å². The molecule has 0 saturated heterocycles. The minimum Gasteiger partial charge on any atom is -0.337 e. The van der Waals surface area contributed by atoms with Crippen molar-refractivity contribution in [3.8, 4) is 0 Å². The molecule has 1 fully saturated rings. The summed E-state index contributed by atoms with van der Waals surface area (Å²) in [5.41, 5.74) is 0.946. The van der Waals surface area contributed by atoms with Gasteiger partial charge >= 0.3 is 12.2 Å². The summed E-state index contributed by atoms with van der Waals surface area (Å²) in [5, 5.41) is 8.28. The summed E-state index contributed by atoms with van der Waals surface area (Å²) in [5.74, 6) is -1.23. The number of hydrogen-bond acceptors (Lipinski definition) is 3. The molecule has 4 nitrogen and oxygen atoms in total. The van der Waals surface area contributed by atoms with Gasteiger partial charge in [0.25, 0.3) is 0 Å². The molecule has 23 heavy (non-hydrogen) atoms. The molecule has 0 aliphatic heterocycles. The number of urea groups is 1. The maximum Gasteiger partial charge on any atom is 0.391 e. The van der Waals surface area contributed by atoms with Crippen molar-refractivity contribution in [3.63, 3.8) is 0 Å². The van der Waals surface area contributed by atoms with Gasteiger partial charge in [0.1, 0.15) is 0 Å². The molecule has 2 rings (SSSR count). The zero-order chi connectivity index (χ0) is 17.0. The van der Waals surface area contributed by atoms with Crippen molar-refractivity contribution in [2.75, 3.05) is 6.54 Å². The Morgan fingerprint density at radius 1 is 1.48 bits per heavy atom. The summed E-state index contributed by atoms with van der Waals surface area (Å²) < 4.78 is 38.3. The number of hydrogen-bond donors (Lipinski definition) is 2. The lowest BCUT2D eigenvalue weighted by Gasteiger charge is -2.31. The predicted molar refractivity (Wildman–Crippen MR) is 83.6 cm³/mol. The van der Waals surface area contributed by atoms with Crippen LogP contribution in [0.4, 0.5) is 18.0 Å². The van der Waals surface area contributed by atoms with Crippen LogP contribution in [0.2, 0.25) is 0 Å². The second-order valence-electron chi connectivity index (χ2n) is 6.18. The third-order valence-corrected chi connectivity index (χ3v) is 5.29. The number of carbonyl (C=O) groups excluding carboxylic acids is 1.